The molecule has 6 nitrogen and oxygen atoms in total. The van der Waals surface area contributed by atoms with E-state index < -0.39 is 5.91 Å². The fourth-order valence-electron chi connectivity index (χ4n) is 3.81. The van der Waals surface area contributed by atoms with Gasteiger partial charge in [-0.1, -0.05) is 43.2 Å². The van der Waals surface area contributed by atoms with Crippen LogP contribution in [-0.2, 0) is 11.3 Å². The molecule has 3 rings (SSSR count). The molecule has 1 saturated carbocycles. The van der Waals surface area contributed by atoms with E-state index in [-0.39, 0.29) is 25.0 Å². The molecule has 6 heteroatoms. The molecule has 0 aliphatic heterocycles. The van der Waals surface area contributed by atoms with Gasteiger partial charge in [0.15, 0.2) is 0 Å². The Morgan fingerprint density at radius 2 is 1.85 bits per heavy atom. The fourth-order valence-corrected chi connectivity index (χ4v) is 3.81. The predicted octanol–water partition coefficient (Wildman–Crippen LogP) is 3.18. The molecule has 1 aliphatic carbocycles. The molecule has 0 radical (unpaired) electrons. The van der Waals surface area contributed by atoms with Crippen LogP contribution in [0.2, 0.25) is 0 Å². The maximum absolute atomic E-state index is 12.8. The number of nitrogens with one attached hydrogen (secondary N) is 1. The molecular weight excluding hydrogens is 342 g/mol. The van der Waals surface area contributed by atoms with E-state index in [1.807, 2.05) is 35.2 Å². The van der Waals surface area contributed by atoms with Gasteiger partial charge < -0.3 is 20.7 Å². The molecule has 0 spiro atoms. The Bertz CT molecular complexity index is 815. The van der Waals surface area contributed by atoms with Gasteiger partial charge in [-0.15, -0.1) is 0 Å². The zero-order valence-electron chi connectivity index (χ0n) is 15.7. The largest absolute Gasteiger partial charge is 0.496 e. The summed E-state index contributed by atoms with van der Waals surface area (Å²) in [6.45, 7) is 0.790. The summed E-state index contributed by atoms with van der Waals surface area (Å²) in [6, 6.07) is 12.1. The number of carbonyl (C=O) groups excluding carboxylic acids is 2. The topological polar surface area (TPSA) is 84.7 Å². The molecule has 0 heterocycles. The lowest BCUT2D eigenvalue weighted by Crippen LogP contribution is -2.45. The summed E-state index contributed by atoms with van der Waals surface area (Å²) in [7, 11) is 1.67. The van der Waals surface area contributed by atoms with Crippen molar-refractivity contribution in [2.45, 2.75) is 44.7 Å². The zero-order chi connectivity index (χ0) is 19.2. The van der Waals surface area contributed by atoms with Gasteiger partial charge in [-0.3, -0.25) is 4.79 Å². The van der Waals surface area contributed by atoms with Crippen LogP contribution in [0.25, 0.3) is 10.8 Å². The number of amides is 3. The molecule has 0 unspecified atom stereocenters. The molecule has 0 saturated heterocycles. The third-order valence-corrected chi connectivity index (χ3v) is 5.21. The molecule has 1 aliphatic rings. The fraction of sp³-hybridized carbons (Fsp3) is 0.429. The highest BCUT2D eigenvalue weighted by molar-refractivity contribution is 5.91. The van der Waals surface area contributed by atoms with Gasteiger partial charge in [-0.25, -0.2) is 4.79 Å². The monoisotopic (exact) mass is 369 g/mol. The highest BCUT2D eigenvalue weighted by Crippen LogP contribution is 2.31. The normalized spacial score (nSPS) is 14.3. The number of benzene rings is 2. The number of ether oxygens (including phenoxy) is 1. The second-order valence-electron chi connectivity index (χ2n) is 6.99. The van der Waals surface area contributed by atoms with Crippen molar-refractivity contribution in [2.75, 3.05) is 13.7 Å². The average molecular weight is 369 g/mol. The van der Waals surface area contributed by atoms with Crippen LogP contribution in [0.15, 0.2) is 36.4 Å². The van der Waals surface area contributed by atoms with Crippen LogP contribution in [0.5, 0.6) is 5.75 Å². The third-order valence-electron chi connectivity index (χ3n) is 5.21. The average Bonchev–Trinajstić information content (AvgIpc) is 3.20. The van der Waals surface area contributed by atoms with E-state index in [0.29, 0.717) is 6.54 Å². The van der Waals surface area contributed by atoms with Crippen molar-refractivity contribution in [3.8, 4) is 5.75 Å². The Morgan fingerprint density at radius 1 is 1.15 bits per heavy atom. The lowest BCUT2D eigenvalue weighted by Gasteiger charge is -2.30. The van der Waals surface area contributed by atoms with Gasteiger partial charge in [0.25, 0.3) is 0 Å². The van der Waals surface area contributed by atoms with Crippen LogP contribution in [0.1, 0.15) is 37.7 Å². The van der Waals surface area contributed by atoms with E-state index >= 15 is 0 Å². The van der Waals surface area contributed by atoms with Crippen LogP contribution < -0.4 is 15.8 Å². The minimum absolute atomic E-state index is 0.136. The second kappa shape index (κ2) is 8.75. The van der Waals surface area contributed by atoms with Gasteiger partial charge in [0.2, 0.25) is 5.91 Å². The maximum Gasteiger partial charge on any atom is 0.317 e. The molecule has 2 aromatic carbocycles. The van der Waals surface area contributed by atoms with E-state index in [2.05, 4.69) is 11.4 Å². The first-order valence-electron chi connectivity index (χ1n) is 9.47. The summed E-state index contributed by atoms with van der Waals surface area (Å²) in [5.74, 6) is 0.413. The maximum atomic E-state index is 12.8. The first kappa shape index (κ1) is 19.0. The Morgan fingerprint density at radius 3 is 2.52 bits per heavy atom. The number of hydrogen-bond donors (Lipinski definition) is 2. The summed E-state index contributed by atoms with van der Waals surface area (Å²) in [5, 5.41) is 4.97. The molecule has 0 bridgehead atoms. The first-order valence-corrected chi connectivity index (χ1v) is 9.47. The summed E-state index contributed by atoms with van der Waals surface area (Å²) >= 11 is 0. The van der Waals surface area contributed by atoms with Crippen molar-refractivity contribution in [3.05, 3.63) is 42.0 Å². The first-order chi connectivity index (χ1) is 13.1. The minimum Gasteiger partial charge on any atom is -0.496 e. The number of urea groups is 1. The Hall–Kier alpha value is -2.76. The number of methoxy groups -OCH3 is 1. The smallest absolute Gasteiger partial charge is 0.317 e. The van der Waals surface area contributed by atoms with Crippen molar-refractivity contribution in [1.29, 1.82) is 0 Å². The number of rotatable bonds is 7. The Labute approximate surface area is 159 Å². The highest BCUT2D eigenvalue weighted by atomic mass is 16.5. The summed E-state index contributed by atoms with van der Waals surface area (Å²) < 4.78 is 5.47. The molecule has 1 fully saturated rings. The van der Waals surface area contributed by atoms with E-state index in [1.54, 1.807) is 7.11 Å². The molecule has 3 amide bonds. The summed E-state index contributed by atoms with van der Waals surface area (Å²) in [4.78, 5) is 25.7. The van der Waals surface area contributed by atoms with Crippen LogP contribution in [0, 0.1) is 0 Å². The van der Waals surface area contributed by atoms with Gasteiger partial charge in [0.05, 0.1) is 7.11 Å². The minimum atomic E-state index is -0.413. The number of carbonyl (C=O) groups is 2. The van der Waals surface area contributed by atoms with Crippen LogP contribution in [0.4, 0.5) is 4.79 Å². The third kappa shape index (κ3) is 4.51. The van der Waals surface area contributed by atoms with E-state index in [9.17, 15) is 9.59 Å². The molecule has 27 heavy (non-hydrogen) atoms. The van der Waals surface area contributed by atoms with Crippen LogP contribution >= 0.6 is 0 Å². The van der Waals surface area contributed by atoms with Crippen LogP contribution in [-0.4, -0.2) is 36.5 Å². The van der Waals surface area contributed by atoms with Gasteiger partial charge in [0, 0.05) is 30.9 Å². The molecular formula is C21H27N3O3. The lowest BCUT2D eigenvalue weighted by molar-refractivity contribution is -0.117. The summed E-state index contributed by atoms with van der Waals surface area (Å²) in [5.41, 5.74) is 6.26. The van der Waals surface area contributed by atoms with Gasteiger partial charge in [0.1, 0.15) is 5.75 Å². The van der Waals surface area contributed by atoms with Crippen molar-refractivity contribution in [2.24, 2.45) is 5.73 Å². The molecule has 0 aromatic heterocycles. The van der Waals surface area contributed by atoms with E-state index in [0.717, 1.165) is 47.8 Å². The van der Waals surface area contributed by atoms with Crippen molar-refractivity contribution >= 4 is 22.7 Å². The predicted molar refractivity (Wildman–Crippen MR) is 106 cm³/mol. The quantitative estimate of drug-likeness (QED) is 0.786. The van der Waals surface area contributed by atoms with Crippen molar-refractivity contribution in [3.63, 3.8) is 0 Å². The van der Waals surface area contributed by atoms with Gasteiger partial charge >= 0.3 is 6.03 Å². The van der Waals surface area contributed by atoms with Gasteiger partial charge in [-0.05, 0) is 29.9 Å². The number of primary amides is 1. The number of nitrogens with two attached hydrogens (primary N) is 1. The Kier molecular flexibility index (Phi) is 6.16. The Balaban J connectivity index is 1.84. The summed E-state index contributed by atoms with van der Waals surface area (Å²) in [6.07, 6.45) is 4.45. The highest BCUT2D eigenvalue weighted by Gasteiger charge is 2.27. The molecule has 3 N–H and O–H groups in total. The number of hydrogen-bond acceptors (Lipinski definition) is 3. The molecule has 144 valence electrons. The van der Waals surface area contributed by atoms with Gasteiger partial charge in [-0.2, -0.15) is 0 Å². The molecule has 2 aromatic rings. The lowest BCUT2D eigenvalue weighted by atomic mass is 10.0. The SMILES string of the molecule is COc1ccc(CN(C(=O)NCCC(N)=O)C2CCCC2)c2ccccc12. The van der Waals surface area contributed by atoms with E-state index in [4.69, 9.17) is 10.5 Å². The second-order valence-corrected chi connectivity index (χ2v) is 6.99. The number of fused-ring (bicyclic) bond motifs is 1. The number of nitrogens with zero attached hydrogens (tertiary/aromatic N) is 1. The van der Waals surface area contributed by atoms with E-state index in [1.165, 1.54) is 0 Å². The standard InChI is InChI=1S/C21H27N3O3/c1-27-19-11-10-15(17-8-4-5-9-18(17)19)14-24(16-6-2-3-7-16)21(26)23-13-12-20(22)25/h4-5,8-11,16H,2-3,6-7,12-14H2,1H3,(H2,22,25)(H,23,26). The zero-order valence-corrected chi connectivity index (χ0v) is 15.7. The molecule has 0 atom stereocenters. The van der Waals surface area contributed by atoms with Crippen LogP contribution in [0.3, 0.4) is 0 Å². The van der Waals surface area contributed by atoms with Crippen molar-refractivity contribution in [1.82, 2.24) is 10.2 Å². The van der Waals surface area contributed by atoms with Crippen molar-refractivity contribution < 1.29 is 14.3 Å².